The van der Waals surface area contributed by atoms with E-state index in [1.165, 1.54) is 24.3 Å². The van der Waals surface area contributed by atoms with Gasteiger partial charge in [0.15, 0.2) is 0 Å². The SMILES string of the molecule is CC(C)(C)P1(=O)CCC2(CC1)CSC2. The third-order valence-electron chi connectivity index (χ3n) is 4.05. The molecule has 2 heterocycles. The molecule has 0 N–H and O–H groups in total. The zero-order valence-corrected chi connectivity index (χ0v) is 11.2. The Morgan fingerprint density at radius 2 is 1.64 bits per heavy atom. The lowest BCUT2D eigenvalue weighted by molar-refractivity contribution is 0.318. The summed E-state index contributed by atoms with van der Waals surface area (Å²) in [4.78, 5) is 0. The minimum atomic E-state index is -1.87. The minimum absolute atomic E-state index is 0.0471. The summed E-state index contributed by atoms with van der Waals surface area (Å²) in [6.07, 6.45) is 4.48. The lowest BCUT2D eigenvalue weighted by Crippen LogP contribution is -2.41. The first kappa shape index (κ1) is 11.1. The van der Waals surface area contributed by atoms with Crippen molar-refractivity contribution in [3.05, 3.63) is 0 Å². The Balaban J connectivity index is 2.05. The largest absolute Gasteiger partial charge is 0.323 e. The van der Waals surface area contributed by atoms with Crippen molar-refractivity contribution in [1.82, 2.24) is 0 Å². The molecule has 0 aromatic rings. The van der Waals surface area contributed by atoms with E-state index < -0.39 is 7.14 Å². The number of thioether (sulfide) groups is 1. The smallest absolute Gasteiger partial charge is 0.0928 e. The molecule has 0 amide bonds. The van der Waals surface area contributed by atoms with Crippen LogP contribution in [0, 0.1) is 5.41 Å². The van der Waals surface area contributed by atoms with Crippen molar-refractivity contribution in [1.29, 1.82) is 0 Å². The molecule has 3 heteroatoms. The van der Waals surface area contributed by atoms with Crippen LogP contribution in [-0.4, -0.2) is 29.0 Å². The maximum Gasteiger partial charge on any atom is 0.0928 e. The maximum absolute atomic E-state index is 12.7. The molecule has 0 saturated carbocycles. The summed E-state index contributed by atoms with van der Waals surface area (Å²) in [5.41, 5.74) is 0.615. The molecule has 0 aliphatic carbocycles. The second kappa shape index (κ2) is 3.28. The van der Waals surface area contributed by atoms with Gasteiger partial charge in [-0.3, -0.25) is 0 Å². The quantitative estimate of drug-likeness (QED) is 0.593. The van der Waals surface area contributed by atoms with Gasteiger partial charge in [0.25, 0.3) is 0 Å². The van der Waals surface area contributed by atoms with Gasteiger partial charge in [-0.15, -0.1) is 0 Å². The van der Waals surface area contributed by atoms with E-state index in [9.17, 15) is 4.57 Å². The molecule has 2 saturated heterocycles. The standard InChI is InChI=1S/C11H21OPS/c1-10(2,3)13(12)6-4-11(5-7-13)8-14-9-11/h4-9H2,1-3H3. The van der Waals surface area contributed by atoms with Gasteiger partial charge in [0.05, 0.1) is 7.14 Å². The van der Waals surface area contributed by atoms with Gasteiger partial charge in [-0.25, -0.2) is 0 Å². The van der Waals surface area contributed by atoms with Crippen LogP contribution in [-0.2, 0) is 4.57 Å². The predicted molar refractivity (Wildman–Crippen MR) is 66.1 cm³/mol. The van der Waals surface area contributed by atoms with Crippen molar-refractivity contribution in [2.45, 2.75) is 38.8 Å². The Labute approximate surface area is 91.8 Å². The highest BCUT2D eigenvalue weighted by molar-refractivity contribution is 8.00. The monoisotopic (exact) mass is 232 g/mol. The zero-order chi connectivity index (χ0) is 10.4. The molecule has 0 aromatic carbocycles. The number of hydrogen-bond acceptors (Lipinski definition) is 2. The van der Waals surface area contributed by atoms with Crippen molar-refractivity contribution < 1.29 is 4.57 Å². The molecule has 2 aliphatic rings. The van der Waals surface area contributed by atoms with E-state index in [1.807, 2.05) is 0 Å². The van der Waals surface area contributed by atoms with E-state index in [0.29, 0.717) is 5.41 Å². The normalized spacial score (nSPS) is 29.9. The van der Waals surface area contributed by atoms with Crippen LogP contribution in [0.15, 0.2) is 0 Å². The van der Waals surface area contributed by atoms with Gasteiger partial charge in [0, 0.05) is 17.5 Å². The van der Waals surface area contributed by atoms with Crippen molar-refractivity contribution in [3.63, 3.8) is 0 Å². The highest BCUT2D eigenvalue weighted by atomic mass is 32.2. The number of hydrogen-bond donors (Lipinski definition) is 0. The van der Waals surface area contributed by atoms with E-state index in [4.69, 9.17) is 0 Å². The van der Waals surface area contributed by atoms with Crippen LogP contribution in [0.1, 0.15) is 33.6 Å². The first-order valence-corrected chi connectivity index (χ1v) is 8.76. The van der Waals surface area contributed by atoms with Crippen LogP contribution in [0.5, 0.6) is 0 Å². The summed E-state index contributed by atoms with van der Waals surface area (Å²) in [5, 5.41) is 0.0471. The molecule has 1 spiro atoms. The molecular formula is C11H21OPS. The van der Waals surface area contributed by atoms with E-state index in [0.717, 1.165) is 12.3 Å². The first-order valence-electron chi connectivity index (χ1n) is 5.53. The second-order valence-corrected chi connectivity index (χ2v) is 11.0. The van der Waals surface area contributed by atoms with Gasteiger partial charge in [0.1, 0.15) is 0 Å². The van der Waals surface area contributed by atoms with Gasteiger partial charge >= 0.3 is 0 Å². The lowest BCUT2D eigenvalue weighted by Gasteiger charge is -2.48. The van der Waals surface area contributed by atoms with Crippen LogP contribution in [0.3, 0.4) is 0 Å². The maximum atomic E-state index is 12.7. The van der Waals surface area contributed by atoms with E-state index >= 15 is 0 Å². The fraction of sp³-hybridized carbons (Fsp3) is 1.00. The second-order valence-electron chi connectivity index (χ2n) is 6.00. The summed E-state index contributed by atoms with van der Waals surface area (Å²) in [5.74, 6) is 2.66. The third-order valence-corrected chi connectivity index (χ3v) is 10.0. The predicted octanol–water partition coefficient (Wildman–Crippen LogP) is 3.68. The molecule has 0 radical (unpaired) electrons. The fourth-order valence-corrected chi connectivity index (χ4v) is 7.02. The Bertz CT molecular complexity index is 262. The molecule has 0 aromatic heterocycles. The summed E-state index contributed by atoms with van der Waals surface area (Å²) in [6, 6.07) is 0. The van der Waals surface area contributed by atoms with E-state index in [1.54, 1.807) is 0 Å². The summed E-state index contributed by atoms with van der Waals surface area (Å²) in [6.45, 7) is 6.46. The summed E-state index contributed by atoms with van der Waals surface area (Å²) < 4.78 is 12.7. The van der Waals surface area contributed by atoms with E-state index in [-0.39, 0.29) is 5.16 Å². The van der Waals surface area contributed by atoms with Crippen LogP contribution in [0.4, 0.5) is 0 Å². The van der Waals surface area contributed by atoms with Gasteiger partial charge in [-0.2, -0.15) is 11.8 Å². The van der Waals surface area contributed by atoms with Crippen LogP contribution in [0.2, 0.25) is 0 Å². The fourth-order valence-electron chi connectivity index (χ4n) is 2.42. The Morgan fingerprint density at radius 1 is 1.14 bits per heavy atom. The van der Waals surface area contributed by atoms with Crippen LogP contribution >= 0.6 is 18.9 Å². The molecule has 0 unspecified atom stereocenters. The minimum Gasteiger partial charge on any atom is -0.323 e. The third kappa shape index (κ3) is 1.69. The molecule has 1 nitrogen and oxygen atoms in total. The number of rotatable bonds is 0. The van der Waals surface area contributed by atoms with Gasteiger partial charge in [-0.1, -0.05) is 20.8 Å². The van der Waals surface area contributed by atoms with Crippen LogP contribution < -0.4 is 0 Å². The van der Waals surface area contributed by atoms with Crippen molar-refractivity contribution in [2.24, 2.45) is 5.41 Å². The molecule has 2 fully saturated rings. The van der Waals surface area contributed by atoms with Crippen molar-refractivity contribution in [3.8, 4) is 0 Å². The summed E-state index contributed by atoms with van der Waals surface area (Å²) in [7, 11) is -1.87. The molecule has 0 atom stereocenters. The lowest BCUT2D eigenvalue weighted by atomic mass is 9.85. The first-order chi connectivity index (χ1) is 6.37. The molecule has 82 valence electrons. The Hall–Kier alpha value is 0.580. The average Bonchev–Trinajstić information content (AvgIpc) is 2.01. The molecular weight excluding hydrogens is 211 g/mol. The molecule has 0 bridgehead atoms. The summed E-state index contributed by atoms with van der Waals surface area (Å²) >= 11 is 2.06. The average molecular weight is 232 g/mol. The van der Waals surface area contributed by atoms with Crippen molar-refractivity contribution in [2.75, 3.05) is 23.8 Å². The van der Waals surface area contributed by atoms with Gasteiger partial charge in [-0.05, 0) is 29.8 Å². The molecule has 14 heavy (non-hydrogen) atoms. The van der Waals surface area contributed by atoms with Crippen LogP contribution in [0.25, 0.3) is 0 Å². The highest BCUT2D eigenvalue weighted by Crippen LogP contribution is 2.65. The zero-order valence-electron chi connectivity index (χ0n) is 9.51. The highest BCUT2D eigenvalue weighted by Gasteiger charge is 2.47. The Morgan fingerprint density at radius 3 is 1.93 bits per heavy atom. The molecule has 2 rings (SSSR count). The van der Waals surface area contributed by atoms with Gasteiger partial charge in [0.2, 0.25) is 0 Å². The topological polar surface area (TPSA) is 17.1 Å². The van der Waals surface area contributed by atoms with Crippen molar-refractivity contribution >= 4 is 18.9 Å². The molecule has 2 aliphatic heterocycles. The van der Waals surface area contributed by atoms with E-state index in [2.05, 4.69) is 32.5 Å². The Kier molecular flexibility index (Phi) is 2.60. The van der Waals surface area contributed by atoms with Gasteiger partial charge < -0.3 is 4.57 Å².